The molecule has 2 aromatic carbocycles. The molecule has 12 heteroatoms. The highest BCUT2D eigenvalue weighted by atomic mass is 127. The first kappa shape index (κ1) is 32.9. The fourth-order valence-corrected chi connectivity index (χ4v) is 6.95. The highest BCUT2D eigenvalue weighted by Gasteiger charge is 2.44. The zero-order valence-electron chi connectivity index (χ0n) is 24.9. The van der Waals surface area contributed by atoms with Crippen LogP contribution in [-0.4, -0.2) is 76.6 Å². The number of aliphatic hydroxyl groups excluding tert-OH is 3. The SMILES string of the molecule is COc1cc(CO)cc(I)c1OC1C=C(C(=O)NCCO)CC(N(C(=O)c2cc3ccccc3oc2=O)C2CCCCC2)C1O. The fraction of sp³-hybridized carbons (Fsp3) is 0.424. The molecule has 3 aromatic rings. The van der Waals surface area contributed by atoms with E-state index in [2.05, 4.69) is 5.32 Å². The smallest absolute Gasteiger partial charge is 0.349 e. The molecule has 11 nitrogen and oxygen atoms in total. The van der Waals surface area contributed by atoms with E-state index in [1.54, 1.807) is 41.3 Å². The van der Waals surface area contributed by atoms with Gasteiger partial charge in [-0.05, 0) is 71.3 Å². The maximum atomic E-state index is 14.4. The number of methoxy groups -OCH3 is 1. The van der Waals surface area contributed by atoms with Crippen molar-refractivity contribution in [2.24, 2.45) is 0 Å². The Morgan fingerprint density at radius 1 is 1.11 bits per heavy atom. The number of carbonyl (C=O) groups excluding carboxylic acids is 2. The lowest BCUT2D eigenvalue weighted by atomic mass is 9.84. The molecule has 0 radical (unpaired) electrons. The van der Waals surface area contributed by atoms with Gasteiger partial charge in [0.05, 0.1) is 29.9 Å². The summed E-state index contributed by atoms with van der Waals surface area (Å²) in [7, 11) is 1.46. The van der Waals surface area contributed by atoms with Crippen molar-refractivity contribution in [3.8, 4) is 11.5 Å². The molecule has 0 saturated heterocycles. The summed E-state index contributed by atoms with van der Waals surface area (Å²) in [5, 5.41) is 34.2. The number of benzene rings is 2. The van der Waals surface area contributed by atoms with E-state index >= 15 is 0 Å². The maximum Gasteiger partial charge on any atom is 0.349 e. The van der Waals surface area contributed by atoms with Gasteiger partial charge in [-0.3, -0.25) is 9.59 Å². The molecule has 1 saturated carbocycles. The number of nitrogens with zero attached hydrogens (tertiary/aromatic N) is 1. The van der Waals surface area contributed by atoms with Gasteiger partial charge in [-0.1, -0.05) is 37.5 Å². The Morgan fingerprint density at radius 3 is 2.58 bits per heavy atom. The Bertz CT molecular complexity index is 1630. The van der Waals surface area contributed by atoms with Crippen LogP contribution in [0.15, 0.2) is 63.3 Å². The molecule has 3 atom stereocenters. The van der Waals surface area contributed by atoms with Crippen molar-refractivity contribution < 1.29 is 38.8 Å². The van der Waals surface area contributed by atoms with Crippen molar-refractivity contribution >= 4 is 45.4 Å². The first-order chi connectivity index (χ1) is 21.7. The number of para-hydroxylation sites is 1. The zero-order chi connectivity index (χ0) is 32.1. The lowest BCUT2D eigenvalue weighted by molar-refractivity contribution is -0.118. The molecule has 0 aliphatic heterocycles. The average molecular weight is 733 g/mol. The number of fused-ring (bicyclic) bond motifs is 1. The Morgan fingerprint density at radius 2 is 1.87 bits per heavy atom. The molecule has 4 N–H and O–H groups in total. The van der Waals surface area contributed by atoms with Gasteiger partial charge in [-0.2, -0.15) is 0 Å². The number of amides is 2. The molecule has 5 rings (SSSR count). The van der Waals surface area contributed by atoms with Crippen LogP contribution in [-0.2, 0) is 11.4 Å². The maximum absolute atomic E-state index is 14.4. The van der Waals surface area contributed by atoms with Gasteiger partial charge in [0.15, 0.2) is 11.5 Å². The minimum absolute atomic E-state index is 0.00286. The van der Waals surface area contributed by atoms with E-state index in [4.69, 9.17) is 13.9 Å². The Hall–Kier alpha value is -3.46. The van der Waals surface area contributed by atoms with Crippen LogP contribution in [0.25, 0.3) is 11.0 Å². The third kappa shape index (κ3) is 7.19. The quantitative estimate of drug-likeness (QED) is 0.181. The second kappa shape index (κ2) is 14.8. The van der Waals surface area contributed by atoms with Gasteiger partial charge < -0.3 is 39.4 Å². The summed E-state index contributed by atoms with van der Waals surface area (Å²) in [4.78, 5) is 42.4. The number of hydrogen-bond acceptors (Lipinski definition) is 9. The molecule has 45 heavy (non-hydrogen) atoms. The summed E-state index contributed by atoms with van der Waals surface area (Å²) in [5.41, 5.74) is 0.298. The number of halogens is 1. The number of ether oxygens (including phenoxy) is 2. The molecule has 240 valence electrons. The Labute approximate surface area is 274 Å². The topological polar surface area (TPSA) is 159 Å². The van der Waals surface area contributed by atoms with Gasteiger partial charge >= 0.3 is 5.63 Å². The molecule has 0 bridgehead atoms. The number of hydrogen-bond donors (Lipinski definition) is 4. The number of aliphatic hydroxyl groups is 3. The van der Waals surface area contributed by atoms with E-state index in [0.717, 1.165) is 19.3 Å². The molecule has 2 aliphatic carbocycles. The van der Waals surface area contributed by atoms with Crippen molar-refractivity contribution in [3.05, 3.63) is 79.2 Å². The van der Waals surface area contributed by atoms with Crippen LogP contribution in [0.1, 0.15) is 54.4 Å². The first-order valence-electron chi connectivity index (χ1n) is 15.0. The summed E-state index contributed by atoms with van der Waals surface area (Å²) < 4.78 is 18.0. The lowest BCUT2D eigenvalue weighted by Gasteiger charge is -2.45. The van der Waals surface area contributed by atoms with Crippen LogP contribution in [0.3, 0.4) is 0 Å². The molecule has 1 heterocycles. The van der Waals surface area contributed by atoms with Gasteiger partial charge in [-0.15, -0.1) is 0 Å². The monoisotopic (exact) mass is 732 g/mol. The van der Waals surface area contributed by atoms with Gasteiger partial charge in [0.2, 0.25) is 5.91 Å². The van der Waals surface area contributed by atoms with Gasteiger partial charge in [0.1, 0.15) is 23.4 Å². The third-order valence-electron chi connectivity index (χ3n) is 8.37. The molecule has 3 unspecified atom stereocenters. The highest BCUT2D eigenvalue weighted by molar-refractivity contribution is 14.1. The van der Waals surface area contributed by atoms with E-state index in [-0.39, 0.29) is 43.4 Å². The van der Waals surface area contributed by atoms with Crippen molar-refractivity contribution in [1.29, 1.82) is 0 Å². The van der Waals surface area contributed by atoms with E-state index in [0.29, 0.717) is 44.4 Å². The van der Waals surface area contributed by atoms with Crippen LogP contribution in [0.4, 0.5) is 0 Å². The summed E-state index contributed by atoms with van der Waals surface area (Å²) in [5.74, 6) is -0.417. The van der Waals surface area contributed by atoms with Crippen LogP contribution < -0.4 is 20.4 Å². The molecule has 0 spiro atoms. The van der Waals surface area contributed by atoms with E-state index in [1.165, 1.54) is 19.3 Å². The predicted octanol–water partition coefficient (Wildman–Crippen LogP) is 3.29. The van der Waals surface area contributed by atoms with Gasteiger partial charge in [0, 0.05) is 30.0 Å². The Kier molecular flexibility index (Phi) is 10.8. The average Bonchev–Trinajstić information content (AvgIpc) is 3.05. The molecular weight excluding hydrogens is 695 g/mol. The van der Waals surface area contributed by atoms with Crippen molar-refractivity contribution in [2.45, 2.75) is 69.4 Å². The number of rotatable bonds is 10. The summed E-state index contributed by atoms with van der Waals surface area (Å²) in [6.45, 7) is -0.453. The minimum Gasteiger partial charge on any atom is -0.493 e. The van der Waals surface area contributed by atoms with Crippen LogP contribution in [0.2, 0.25) is 0 Å². The molecule has 2 amide bonds. The van der Waals surface area contributed by atoms with Crippen molar-refractivity contribution in [2.75, 3.05) is 20.3 Å². The second-order valence-corrected chi connectivity index (χ2v) is 12.4. The van der Waals surface area contributed by atoms with E-state index in [1.807, 2.05) is 22.6 Å². The van der Waals surface area contributed by atoms with Crippen LogP contribution >= 0.6 is 22.6 Å². The normalized spacial score (nSPS) is 20.4. The Balaban J connectivity index is 1.58. The number of nitrogens with one attached hydrogen (secondary N) is 1. The largest absolute Gasteiger partial charge is 0.493 e. The number of carbonyl (C=O) groups is 2. The molecule has 1 fully saturated rings. The lowest BCUT2D eigenvalue weighted by Crippen LogP contribution is -2.58. The summed E-state index contributed by atoms with van der Waals surface area (Å²) in [6.07, 6.45) is 3.23. The van der Waals surface area contributed by atoms with Crippen LogP contribution in [0, 0.1) is 3.57 Å². The van der Waals surface area contributed by atoms with Crippen molar-refractivity contribution in [3.63, 3.8) is 0 Å². The van der Waals surface area contributed by atoms with E-state index < -0.39 is 35.7 Å². The van der Waals surface area contributed by atoms with E-state index in [9.17, 15) is 29.7 Å². The predicted molar refractivity (Wildman–Crippen MR) is 174 cm³/mol. The molecular formula is C33H37IN2O9. The zero-order valence-corrected chi connectivity index (χ0v) is 27.1. The fourth-order valence-electron chi connectivity index (χ4n) is 6.16. The third-order valence-corrected chi connectivity index (χ3v) is 9.17. The minimum atomic E-state index is -1.30. The molecule has 1 aromatic heterocycles. The van der Waals surface area contributed by atoms with Gasteiger partial charge in [0.25, 0.3) is 5.91 Å². The standard InChI is InChI=1S/C33H37IN2O9/c1-43-28-14-19(18-38)13-24(34)30(28)44-27-17-21(31(40)35-11-12-37)16-25(29(27)39)36(22-8-3-2-4-9-22)32(41)23-15-20-7-5-6-10-26(20)45-33(23)42/h5-7,10,13-15,17,22,25,27,29,37-39H,2-4,8-9,11-12,16,18H2,1H3,(H,35,40). The summed E-state index contributed by atoms with van der Waals surface area (Å²) >= 11 is 2.05. The summed E-state index contributed by atoms with van der Waals surface area (Å²) in [6, 6.07) is 10.6. The molecule has 2 aliphatic rings. The second-order valence-electron chi connectivity index (χ2n) is 11.3. The first-order valence-corrected chi connectivity index (χ1v) is 16.1. The highest BCUT2D eigenvalue weighted by Crippen LogP contribution is 2.38. The van der Waals surface area contributed by atoms with Crippen molar-refractivity contribution in [1.82, 2.24) is 10.2 Å². The van der Waals surface area contributed by atoms with Gasteiger partial charge in [-0.25, -0.2) is 4.79 Å². The van der Waals surface area contributed by atoms with Crippen LogP contribution in [0.5, 0.6) is 11.5 Å².